The zero-order valence-electron chi connectivity index (χ0n) is 7.82. The minimum atomic E-state index is 0.0620. The average Bonchev–Trinajstić information content (AvgIpc) is 2.00. The number of carbonyl (C=O) groups is 1. The lowest BCUT2D eigenvalue weighted by molar-refractivity contribution is -0.120. The van der Waals surface area contributed by atoms with E-state index in [9.17, 15) is 4.79 Å². The summed E-state index contributed by atoms with van der Waals surface area (Å²) in [7, 11) is 3.57. The third-order valence-electron chi connectivity index (χ3n) is 1.93. The summed E-state index contributed by atoms with van der Waals surface area (Å²) in [6.45, 7) is 4.16. The van der Waals surface area contributed by atoms with Crippen molar-refractivity contribution >= 4 is 5.91 Å². The lowest BCUT2D eigenvalue weighted by Crippen LogP contribution is -2.37. The fourth-order valence-corrected chi connectivity index (χ4v) is 0.676. The van der Waals surface area contributed by atoms with Gasteiger partial charge in [-0.2, -0.15) is 0 Å². The molecular formula is C8H18N2O. The van der Waals surface area contributed by atoms with E-state index in [2.05, 4.69) is 24.5 Å². The van der Waals surface area contributed by atoms with Crippen molar-refractivity contribution in [3.63, 3.8) is 0 Å². The van der Waals surface area contributed by atoms with Gasteiger partial charge in [0.05, 0.1) is 0 Å². The fraction of sp³-hybridized carbons (Fsp3) is 0.875. The zero-order chi connectivity index (χ0) is 8.91. The Hall–Kier alpha value is -0.570. The highest BCUT2D eigenvalue weighted by molar-refractivity contribution is 5.75. The highest BCUT2D eigenvalue weighted by Crippen LogP contribution is 2.09. The molecule has 0 radical (unpaired) electrons. The SMILES string of the molecule is CNC(=O)CCC(C)(C)NC. The van der Waals surface area contributed by atoms with Gasteiger partial charge in [0.25, 0.3) is 0 Å². The molecule has 0 atom stereocenters. The van der Waals surface area contributed by atoms with Crippen molar-refractivity contribution in [3.8, 4) is 0 Å². The highest BCUT2D eigenvalue weighted by Gasteiger charge is 2.15. The molecule has 0 unspecified atom stereocenters. The normalized spacial score (nSPS) is 11.3. The summed E-state index contributed by atoms with van der Waals surface area (Å²) >= 11 is 0. The van der Waals surface area contributed by atoms with E-state index >= 15 is 0 Å². The van der Waals surface area contributed by atoms with Gasteiger partial charge in [0, 0.05) is 19.0 Å². The summed E-state index contributed by atoms with van der Waals surface area (Å²) in [4.78, 5) is 10.8. The molecule has 0 aliphatic heterocycles. The molecule has 3 heteroatoms. The summed E-state index contributed by atoms with van der Waals surface area (Å²) in [6, 6.07) is 0. The second-order valence-corrected chi connectivity index (χ2v) is 3.31. The van der Waals surface area contributed by atoms with Crippen LogP contribution in [-0.4, -0.2) is 25.5 Å². The van der Waals surface area contributed by atoms with Crippen molar-refractivity contribution in [2.24, 2.45) is 0 Å². The quantitative estimate of drug-likeness (QED) is 0.626. The maximum absolute atomic E-state index is 10.8. The molecule has 0 spiro atoms. The summed E-state index contributed by atoms with van der Waals surface area (Å²) in [5.41, 5.74) is 0.0620. The Morgan fingerprint density at radius 2 is 1.91 bits per heavy atom. The third kappa shape index (κ3) is 4.79. The van der Waals surface area contributed by atoms with Crippen LogP contribution in [0.25, 0.3) is 0 Å². The number of carbonyl (C=O) groups excluding carboxylic acids is 1. The molecule has 1 amide bonds. The number of nitrogens with one attached hydrogen (secondary N) is 2. The number of hydrogen-bond acceptors (Lipinski definition) is 2. The van der Waals surface area contributed by atoms with Gasteiger partial charge in [-0.1, -0.05) is 0 Å². The van der Waals surface area contributed by atoms with Gasteiger partial charge in [-0.3, -0.25) is 4.79 Å². The van der Waals surface area contributed by atoms with E-state index in [0.717, 1.165) is 6.42 Å². The van der Waals surface area contributed by atoms with Gasteiger partial charge in [0.1, 0.15) is 0 Å². The predicted molar refractivity (Wildman–Crippen MR) is 46.4 cm³/mol. The molecule has 0 saturated heterocycles. The Labute approximate surface area is 68.6 Å². The van der Waals surface area contributed by atoms with Crippen LogP contribution in [-0.2, 0) is 4.79 Å². The van der Waals surface area contributed by atoms with E-state index < -0.39 is 0 Å². The van der Waals surface area contributed by atoms with Crippen LogP contribution < -0.4 is 10.6 Å². The van der Waals surface area contributed by atoms with Crippen LogP contribution in [0, 0.1) is 0 Å². The molecule has 0 rings (SSSR count). The maximum atomic E-state index is 10.8. The van der Waals surface area contributed by atoms with E-state index in [4.69, 9.17) is 0 Å². The van der Waals surface area contributed by atoms with Crippen LogP contribution in [0.2, 0.25) is 0 Å². The average molecular weight is 158 g/mol. The minimum absolute atomic E-state index is 0.0620. The lowest BCUT2D eigenvalue weighted by Gasteiger charge is -2.23. The Morgan fingerprint density at radius 3 is 2.27 bits per heavy atom. The molecule has 0 aromatic carbocycles. The predicted octanol–water partition coefficient (Wildman–Crippen LogP) is 0.511. The van der Waals surface area contributed by atoms with E-state index in [1.165, 1.54) is 0 Å². The summed E-state index contributed by atoms with van der Waals surface area (Å²) in [5, 5.41) is 5.74. The van der Waals surface area contributed by atoms with Crippen molar-refractivity contribution in [3.05, 3.63) is 0 Å². The maximum Gasteiger partial charge on any atom is 0.219 e. The highest BCUT2D eigenvalue weighted by atomic mass is 16.1. The summed E-state index contributed by atoms with van der Waals surface area (Å²) in [6.07, 6.45) is 1.45. The summed E-state index contributed by atoms with van der Waals surface area (Å²) in [5.74, 6) is 0.105. The van der Waals surface area contributed by atoms with E-state index in [1.807, 2.05) is 7.05 Å². The van der Waals surface area contributed by atoms with Crippen molar-refractivity contribution in [2.45, 2.75) is 32.2 Å². The summed E-state index contributed by atoms with van der Waals surface area (Å²) < 4.78 is 0. The fourth-order valence-electron chi connectivity index (χ4n) is 0.676. The van der Waals surface area contributed by atoms with Crippen LogP contribution in [0.5, 0.6) is 0 Å². The Balaban J connectivity index is 3.61. The van der Waals surface area contributed by atoms with Crippen LogP contribution in [0.15, 0.2) is 0 Å². The van der Waals surface area contributed by atoms with Crippen molar-refractivity contribution in [1.29, 1.82) is 0 Å². The monoisotopic (exact) mass is 158 g/mol. The Kier molecular flexibility index (Phi) is 4.11. The van der Waals surface area contributed by atoms with E-state index in [1.54, 1.807) is 7.05 Å². The molecule has 0 aromatic heterocycles. The van der Waals surface area contributed by atoms with Gasteiger partial charge in [-0.15, -0.1) is 0 Å². The molecule has 0 aliphatic rings. The van der Waals surface area contributed by atoms with Crippen LogP contribution in [0.1, 0.15) is 26.7 Å². The molecule has 66 valence electrons. The lowest BCUT2D eigenvalue weighted by atomic mass is 9.99. The van der Waals surface area contributed by atoms with Crippen LogP contribution in [0.3, 0.4) is 0 Å². The minimum Gasteiger partial charge on any atom is -0.359 e. The van der Waals surface area contributed by atoms with Crippen molar-refractivity contribution in [1.82, 2.24) is 10.6 Å². The molecule has 0 aromatic rings. The Bertz CT molecular complexity index is 132. The van der Waals surface area contributed by atoms with Gasteiger partial charge in [-0.05, 0) is 27.3 Å². The third-order valence-corrected chi connectivity index (χ3v) is 1.93. The molecule has 3 nitrogen and oxygen atoms in total. The topological polar surface area (TPSA) is 41.1 Å². The van der Waals surface area contributed by atoms with Gasteiger partial charge < -0.3 is 10.6 Å². The zero-order valence-corrected chi connectivity index (χ0v) is 7.82. The first-order chi connectivity index (χ1) is 5.02. The smallest absolute Gasteiger partial charge is 0.219 e. The Morgan fingerprint density at radius 1 is 1.36 bits per heavy atom. The first-order valence-electron chi connectivity index (χ1n) is 3.91. The van der Waals surface area contributed by atoms with Gasteiger partial charge in [0.2, 0.25) is 5.91 Å². The van der Waals surface area contributed by atoms with E-state index in [-0.39, 0.29) is 11.4 Å². The van der Waals surface area contributed by atoms with Crippen LogP contribution in [0.4, 0.5) is 0 Å². The molecule has 0 aliphatic carbocycles. The molecule has 0 bridgehead atoms. The molecule has 0 heterocycles. The standard InChI is InChI=1S/C8H18N2O/c1-8(2,10-4)6-5-7(11)9-3/h10H,5-6H2,1-4H3,(H,9,11). The van der Waals surface area contributed by atoms with Gasteiger partial charge in [-0.25, -0.2) is 0 Å². The molecule has 0 fully saturated rings. The first kappa shape index (κ1) is 10.4. The van der Waals surface area contributed by atoms with Crippen molar-refractivity contribution < 1.29 is 4.79 Å². The van der Waals surface area contributed by atoms with E-state index in [0.29, 0.717) is 6.42 Å². The van der Waals surface area contributed by atoms with Crippen molar-refractivity contribution in [2.75, 3.05) is 14.1 Å². The second kappa shape index (κ2) is 4.34. The first-order valence-corrected chi connectivity index (χ1v) is 3.91. The molecule has 2 N–H and O–H groups in total. The van der Waals surface area contributed by atoms with Crippen LogP contribution >= 0.6 is 0 Å². The molecule has 0 saturated carbocycles. The number of hydrogen-bond donors (Lipinski definition) is 2. The van der Waals surface area contributed by atoms with Gasteiger partial charge >= 0.3 is 0 Å². The second-order valence-electron chi connectivity index (χ2n) is 3.31. The van der Waals surface area contributed by atoms with Gasteiger partial charge in [0.15, 0.2) is 0 Å². The largest absolute Gasteiger partial charge is 0.359 e. The number of rotatable bonds is 4. The number of amides is 1. The molecular weight excluding hydrogens is 140 g/mol. The molecule has 11 heavy (non-hydrogen) atoms.